The highest BCUT2D eigenvalue weighted by Crippen LogP contribution is 2.15. The van der Waals surface area contributed by atoms with E-state index in [9.17, 15) is 14.4 Å². The second kappa shape index (κ2) is 12.0. The standard InChI is InChI=1S/C23H20ClN5O4/c24-18-4-1-5-19(11-18)28-21(30)15-33-20-8-6-16(7-9-20)14-27-29-23(32)22(31)26-13-17-3-2-10-25-12-17/h1-12,14H,13,15H2,(H,26,31)(H,28,30)(H,29,32)/b27-14-. The van der Waals surface area contributed by atoms with Gasteiger partial charge in [0.25, 0.3) is 5.91 Å². The van der Waals surface area contributed by atoms with E-state index in [1.54, 1.807) is 73.1 Å². The number of pyridine rings is 1. The molecule has 3 aromatic rings. The van der Waals surface area contributed by atoms with Gasteiger partial charge >= 0.3 is 11.8 Å². The van der Waals surface area contributed by atoms with Crippen molar-refractivity contribution in [3.05, 3.63) is 89.2 Å². The third-order valence-electron chi connectivity index (χ3n) is 4.12. The highest BCUT2D eigenvalue weighted by Gasteiger charge is 2.11. The third-order valence-corrected chi connectivity index (χ3v) is 4.36. The van der Waals surface area contributed by atoms with E-state index in [-0.39, 0.29) is 19.1 Å². The Bertz CT molecular complexity index is 1140. The summed E-state index contributed by atoms with van der Waals surface area (Å²) in [5.74, 6) is -1.55. The number of hydrazone groups is 1. The summed E-state index contributed by atoms with van der Waals surface area (Å²) in [4.78, 5) is 39.5. The summed E-state index contributed by atoms with van der Waals surface area (Å²) in [6.45, 7) is 0.00650. The van der Waals surface area contributed by atoms with Gasteiger partial charge in [-0.3, -0.25) is 19.4 Å². The summed E-state index contributed by atoms with van der Waals surface area (Å²) in [6, 6.07) is 17.0. The number of nitrogens with zero attached hydrogens (tertiary/aromatic N) is 2. The molecular weight excluding hydrogens is 446 g/mol. The van der Waals surface area contributed by atoms with Crippen molar-refractivity contribution in [2.75, 3.05) is 11.9 Å². The van der Waals surface area contributed by atoms with Gasteiger partial charge in [-0.25, -0.2) is 5.43 Å². The van der Waals surface area contributed by atoms with Crippen molar-refractivity contribution in [2.24, 2.45) is 5.10 Å². The number of ether oxygens (including phenoxy) is 1. The summed E-state index contributed by atoms with van der Waals surface area (Å²) in [5.41, 5.74) is 4.16. The van der Waals surface area contributed by atoms with Crippen LogP contribution in [-0.2, 0) is 20.9 Å². The lowest BCUT2D eigenvalue weighted by Crippen LogP contribution is -2.37. The first-order valence-corrected chi connectivity index (χ1v) is 10.2. The number of amides is 3. The minimum Gasteiger partial charge on any atom is -0.484 e. The van der Waals surface area contributed by atoms with Gasteiger partial charge in [0.1, 0.15) is 5.75 Å². The van der Waals surface area contributed by atoms with Crippen LogP contribution in [0.2, 0.25) is 5.02 Å². The molecule has 3 N–H and O–H groups in total. The van der Waals surface area contributed by atoms with Crippen LogP contribution in [0.25, 0.3) is 0 Å². The van der Waals surface area contributed by atoms with Crippen molar-refractivity contribution in [3.8, 4) is 5.75 Å². The normalized spacial score (nSPS) is 10.5. The Morgan fingerprint density at radius 2 is 1.85 bits per heavy atom. The number of nitrogens with one attached hydrogen (secondary N) is 3. The quantitative estimate of drug-likeness (QED) is 0.268. The molecule has 0 bridgehead atoms. The molecule has 3 amide bonds. The number of aromatic nitrogens is 1. The molecule has 1 aromatic heterocycles. The molecule has 2 aromatic carbocycles. The van der Waals surface area contributed by atoms with Crippen molar-refractivity contribution < 1.29 is 19.1 Å². The van der Waals surface area contributed by atoms with Crippen LogP contribution in [0.15, 0.2) is 78.2 Å². The molecule has 0 aliphatic rings. The zero-order valence-corrected chi connectivity index (χ0v) is 18.1. The van der Waals surface area contributed by atoms with Crippen molar-refractivity contribution >= 4 is 41.2 Å². The molecule has 0 unspecified atom stereocenters. The molecule has 0 aliphatic heterocycles. The van der Waals surface area contributed by atoms with Gasteiger partial charge in [0, 0.05) is 29.6 Å². The van der Waals surface area contributed by atoms with Crippen molar-refractivity contribution in [1.82, 2.24) is 15.7 Å². The van der Waals surface area contributed by atoms with Gasteiger partial charge < -0.3 is 15.4 Å². The Balaban J connectivity index is 1.39. The third kappa shape index (κ3) is 8.08. The second-order valence-corrected chi connectivity index (χ2v) is 7.10. The van der Waals surface area contributed by atoms with E-state index in [1.165, 1.54) is 6.21 Å². The molecule has 168 valence electrons. The van der Waals surface area contributed by atoms with E-state index in [2.05, 4.69) is 26.1 Å². The number of halogens is 1. The van der Waals surface area contributed by atoms with Crippen molar-refractivity contribution in [3.63, 3.8) is 0 Å². The minimum atomic E-state index is -0.888. The Morgan fingerprint density at radius 3 is 2.58 bits per heavy atom. The molecule has 0 saturated heterocycles. The highest BCUT2D eigenvalue weighted by atomic mass is 35.5. The van der Waals surface area contributed by atoms with Gasteiger partial charge in [-0.2, -0.15) is 5.10 Å². The van der Waals surface area contributed by atoms with E-state index in [4.69, 9.17) is 16.3 Å². The van der Waals surface area contributed by atoms with E-state index in [0.29, 0.717) is 22.0 Å². The Hall–Kier alpha value is -4.24. The maximum Gasteiger partial charge on any atom is 0.329 e. The van der Waals surface area contributed by atoms with Crippen LogP contribution in [0, 0.1) is 0 Å². The molecule has 3 rings (SSSR count). The lowest BCUT2D eigenvalue weighted by Gasteiger charge is -2.08. The number of rotatable bonds is 8. The summed E-state index contributed by atoms with van der Waals surface area (Å²) in [5, 5.41) is 9.44. The lowest BCUT2D eigenvalue weighted by atomic mass is 10.2. The number of anilines is 1. The molecule has 33 heavy (non-hydrogen) atoms. The molecule has 1 heterocycles. The summed E-state index contributed by atoms with van der Waals surface area (Å²) < 4.78 is 5.45. The first-order valence-electron chi connectivity index (χ1n) is 9.78. The number of carbonyl (C=O) groups is 3. The molecule has 0 saturated carbocycles. The fourth-order valence-electron chi connectivity index (χ4n) is 2.54. The predicted molar refractivity (Wildman–Crippen MR) is 124 cm³/mol. The molecular formula is C23H20ClN5O4. The van der Waals surface area contributed by atoms with Crippen LogP contribution in [0.1, 0.15) is 11.1 Å². The number of carbonyl (C=O) groups excluding carboxylic acids is 3. The second-order valence-electron chi connectivity index (χ2n) is 6.66. The molecule has 10 heteroatoms. The van der Waals surface area contributed by atoms with E-state index < -0.39 is 11.8 Å². The first-order chi connectivity index (χ1) is 16.0. The van der Waals surface area contributed by atoms with Gasteiger partial charge in [-0.15, -0.1) is 0 Å². The predicted octanol–water partition coefficient (Wildman–Crippen LogP) is 2.52. The number of hydrogen-bond donors (Lipinski definition) is 3. The first kappa shape index (κ1) is 23.4. The van der Waals surface area contributed by atoms with Crippen LogP contribution < -0.4 is 20.8 Å². The molecule has 0 fully saturated rings. The minimum absolute atomic E-state index is 0.176. The van der Waals surface area contributed by atoms with Gasteiger partial charge in [0.05, 0.1) is 6.21 Å². The van der Waals surface area contributed by atoms with Crippen LogP contribution >= 0.6 is 11.6 Å². The fraction of sp³-hybridized carbons (Fsp3) is 0.0870. The lowest BCUT2D eigenvalue weighted by molar-refractivity contribution is -0.139. The monoisotopic (exact) mass is 465 g/mol. The Morgan fingerprint density at radius 1 is 1.03 bits per heavy atom. The maximum absolute atomic E-state index is 12.0. The van der Waals surface area contributed by atoms with Crippen molar-refractivity contribution in [2.45, 2.75) is 6.54 Å². The Labute approximate surface area is 194 Å². The Kier molecular flexibility index (Phi) is 8.49. The SMILES string of the molecule is O=C(COc1ccc(/C=N\NC(=O)C(=O)NCc2cccnc2)cc1)Nc1cccc(Cl)c1. The van der Waals surface area contributed by atoms with E-state index >= 15 is 0 Å². The summed E-state index contributed by atoms with van der Waals surface area (Å²) in [7, 11) is 0. The van der Waals surface area contributed by atoms with Gasteiger partial charge in [-0.05, 0) is 59.7 Å². The maximum atomic E-state index is 12.0. The summed E-state index contributed by atoms with van der Waals surface area (Å²) in [6.07, 6.45) is 4.59. The largest absolute Gasteiger partial charge is 0.484 e. The molecule has 0 spiro atoms. The average molecular weight is 466 g/mol. The molecule has 0 radical (unpaired) electrons. The van der Waals surface area contributed by atoms with E-state index in [0.717, 1.165) is 5.56 Å². The smallest absolute Gasteiger partial charge is 0.329 e. The zero-order valence-electron chi connectivity index (χ0n) is 17.3. The van der Waals surface area contributed by atoms with Gasteiger partial charge in [0.15, 0.2) is 6.61 Å². The highest BCUT2D eigenvalue weighted by molar-refractivity contribution is 6.35. The fourth-order valence-corrected chi connectivity index (χ4v) is 2.73. The van der Waals surface area contributed by atoms with Gasteiger partial charge in [-0.1, -0.05) is 23.7 Å². The van der Waals surface area contributed by atoms with Crippen LogP contribution in [0.3, 0.4) is 0 Å². The number of benzene rings is 2. The number of hydrogen-bond acceptors (Lipinski definition) is 6. The topological polar surface area (TPSA) is 122 Å². The molecule has 0 aliphatic carbocycles. The molecule has 9 nitrogen and oxygen atoms in total. The van der Waals surface area contributed by atoms with Crippen LogP contribution in [-0.4, -0.2) is 35.5 Å². The van der Waals surface area contributed by atoms with Crippen molar-refractivity contribution in [1.29, 1.82) is 0 Å². The summed E-state index contributed by atoms with van der Waals surface area (Å²) >= 11 is 5.88. The van der Waals surface area contributed by atoms with Gasteiger partial charge in [0.2, 0.25) is 0 Å². The molecule has 0 atom stereocenters. The van der Waals surface area contributed by atoms with Crippen LogP contribution in [0.4, 0.5) is 5.69 Å². The van der Waals surface area contributed by atoms with E-state index in [1.807, 2.05) is 0 Å². The van der Waals surface area contributed by atoms with Crippen LogP contribution in [0.5, 0.6) is 5.75 Å². The zero-order chi connectivity index (χ0) is 23.5. The average Bonchev–Trinajstić information content (AvgIpc) is 2.82.